The first-order valence-corrected chi connectivity index (χ1v) is 7.50. The highest BCUT2D eigenvalue weighted by atomic mass is 32.2. The van der Waals surface area contributed by atoms with Gasteiger partial charge in [0.25, 0.3) is 0 Å². The summed E-state index contributed by atoms with van der Waals surface area (Å²) in [5.41, 5.74) is 0. The molecule has 0 saturated carbocycles. The van der Waals surface area contributed by atoms with E-state index in [4.69, 9.17) is 0 Å². The molecule has 0 spiro atoms. The second kappa shape index (κ2) is 13.3. The molecule has 0 aliphatic rings. The van der Waals surface area contributed by atoms with Crippen LogP contribution in [0, 0.1) is 0 Å². The van der Waals surface area contributed by atoms with E-state index in [0.29, 0.717) is 0 Å². The van der Waals surface area contributed by atoms with E-state index >= 15 is 0 Å². The molecule has 0 atom stereocenters. The normalized spacial score (nSPS) is 10.7. The van der Waals surface area contributed by atoms with Crippen molar-refractivity contribution in [3.8, 4) is 0 Å². The summed E-state index contributed by atoms with van der Waals surface area (Å²) < 4.78 is 0. The van der Waals surface area contributed by atoms with E-state index in [1.807, 2.05) is 11.8 Å². The lowest BCUT2D eigenvalue weighted by Gasteiger charge is -2.03. The van der Waals surface area contributed by atoms with Gasteiger partial charge in [-0.1, -0.05) is 39.0 Å². The molecule has 0 unspecified atom stereocenters. The van der Waals surface area contributed by atoms with Gasteiger partial charge in [-0.2, -0.15) is 11.8 Å². The second-order valence-electron chi connectivity index (χ2n) is 3.86. The zero-order valence-electron chi connectivity index (χ0n) is 9.98. The third-order valence-corrected chi connectivity index (χ3v) is 3.11. The first kappa shape index (κ1) is 14.3. The first-order valence-electron chi connectivity index (χ1n) is 6.11. The van der Waals surface area contributed by atoms with Crippen LogP contribution in [0.5, 0.6) is 0 Å². The monoisotopic (exact) mass is 217 g/mol. The Bertz CT molecular complexity index is 84.3. The average molecular weight is 217 g/mol. The van der Waals surface area contributed by atoms with Crippen LogP contribution in [0.3, 0.4) is 0 Å². The van der Waals surface area contributed by atoms with E-state index < -0.39 is 0 Å². The van der Waals surface area contributed by atoms with Crippen LogP contribution < -0.4 is 5.32 Å². The fourth-order valence-corrected chi connectivity index (χ4v) is 1.93. The van der Waals surface area contributed by atoms with Crippen molar-refractivity contribution in [2.24, 2.45) is 0 Å². The third kappa shape index (κ3) is 12.3. The molecule has 0 saturated heterocycles. The maximum absolute atomic E-state index is 3.50. The summed E-state index contributed by atoms with van der Waals surface area (Å²) in [5, 5.41) is 3.50. The summed E-state index contributed by atoms with van der Waals surface area (Å²) in [6.07, 6.45) is 11.9. The Morgan fingerprint density at radius 2 is 1.50 bits per heavy atom. The number of unbranched alkanes of at least 4 members (excludes halogenated alkanes) is 5. The van der Waals surface area contributed by atoms with Crippen molar-refractivity contribution >= 4 is 11.8 Å². The molecule has 0 aliphatic carbocycles. The number of hydrogen-bond acceptors (Lipinski definition) is 2. The molecule has 0 aromatic heterocycles. The summed E-state index contributed by atoms with van der Waals surface area (Å²) in [6.45, 7) is 4.70. The van der Waals surface area contributed by atoms with Crippen LogP contribution in [0.2, 0.25) is 0 Å². The largest absolute Gasteiger partial charge is 0.317 e. The predicted octanol–water partition coefficient (Wildman–Crippen LogP) is 3.69. The number of thioether (sulfide) groups is 1. The lowest BCUT2D eigenvalue weighted by atomic mass is 10.1. The highest BCUT2D eigenvalue weighted by molar-refractivity contribution is 7.98. The lowest BCUT2D eigenvalue weighted by molar-refractivity contribution is 0.571. The highest BCUT2D eigenvalue weighted by Crippen LogP contribution is 2.04. The smallest absolute Gasteiger partial charge is 0.00411 e. The van der Waals surface area contributed by atoms with Crippen LogP contribution in [0.25, 0.3) is 0 Å². The molecule has 0 aromatic rings. The van der Waals surface area contributed by atoms with Crippen LogP contribution in [0.1, 0.15) is 51.9 Å². The van der Waals surface area contributed by atoms with E-state index in [1.165, 1.54) is 63.8 Å². The Morgan fingerprint density at radius 3 is 2.21 bits per heavy atom. The van der Waals surface area contributed by atoms with Gasteiger partial charge in [0.15, 0.2) is 0 Å². The van der Waals surface area contributed by atoms with Crippen molar-refractivity contribution in [1.82, 2.24) is 5.32 Å². The quantitative estimate of drug-likeness (QED) is 0.530. The standard InChI is InChI=1S/C12H27NS/c1-3-4-5-6-7-8-10-13-11-9-12-14-2/h13H,3-12H2,1-2H3. The Hall–Kier alpha value is 0.310. The Labute approximate surface area is 94.4 Å². The molecule has 0 fully saturated rings. The Balaban J connectivity index is 2.78. The van der Waals surface area contributed by atoms with E-state index in [1.54, 1.807) is 0 Å². The molecule has 0 rings (SSSR count). The van der Waals surface area contributed by atoms with Crippen molar-refractivity contribution < 1.29 is 0 Å². The van der Waals surface area contributed by atoms with Crippen LogP contribution >= 0.6 is 11.8 Å². The summed E-state index contributed by atoms with van der Waals surface area (Å²) in [6, 6.07) is 0. The SMILES string of the molecule is CCCCCCCCNCCCSC. The summed E-state index contributed by atoms with van der Waals surface area (Å²) in [4.78, 5) is 0. The molecule has 0 amide bonds. The van der Waals surface area contributed by atoms with Crippen LogP contribution in [0.15, 0.2) is 0 Å². The van der Waals surface area contributed by atoms with E-state index in [2.05, 4.69) is 18.5 Å². The topological polar surface area (TPSA) is 12.0 Å². The molecule has 0 aromatic carbocycles. The first-order chi connectivity index (χ1) is 6.91. The maximum atomic E-state index is 3.50. The molecular weight excluding hydrogens is 190 g/mol. The highest BCUT2D eigenvalue weighted by Gasteiger charge is 1.90. The fraction of sp³-hybridized carbons (Fsp3) is 1.00. The molecular formula is C12H27NS. The van der Waals surface area contributed by atoms with Crippen molar-refractivity contribution in [2.75, 3.05) is 25.1 Å². The zero-order valence-corrected chi connectivity index (χ0v) is 10.8. The number of hydrogen-bond donors (Lipinski definition) is 1. The minimum Gasteiger partial charge on any atom is -0.317 e. The lowest BCUT2D eigenvalue weighted by Crippen LogP contribution is -2.17. The number of nitrogens with one attached hydrogen (secondary N) is 1. The molecule has 1 nitrogen and oxygen atoms in total. The fourth-order valence-electron chi connectivity index (χ4n) is 1.50. The van der Waals surface area contributed by atoms with Crippen LogP contribution in [-0.4, -0.2) is 25.1 Å². The second-order valence-corrected chi connectivity index (χ2v) is 4.85. The predicted molar refractivity (Wildman–Crippen MR) is 69.2 cm³/mol. The van der Waals surface area contributed by atoms with Crippen LogP contribution in [-0.2, 0) is 0 Å². The van der Waals surface area contributed by atoms with Gasteiger partial charge in [-0.3, -0.25) is 0 Å². The van der Waals surface area contributed by atoms with Gasteiger partial charge in [-0.25, -0.2) is 0 Å². The Kier molecular flexibility index (Phi) is 13.6. The molecule has 86 valence electrons. The zero-order chi connectivity index (χ0) is 10.5. The van der Waals surface area contributed by atoms with Crippen molar-refractivity contribution in [1.29, 1.82) is 0 Å². The summed E-state index contributed by atoms with van der Waals surface area (Å²) in [7, 11) is 0. The van der Waals surface area contributed by atoms with Crippen molar-refractivity contribution in [2.45, 2.75) is 51.9 Å². The minimum absolute atomic E-state index is 1.20. The molecule has 0 heterocycles. The van der Waals surface area contributed by atoms with Gasteiger partial charge >= 0.3 is 0 Å². The van der Waals surface area contributed by atoms with Gasteiger partial charge in [-0.15, -0.1) is 0 Å². The van der Waals surface area contributed by atoms with Gasteiger partial charge < -0.3 is 5.32 Å². The van der Waals surface area contributed by atoms with Gasteiger partial charge in [0.05, 0.1) is 0 Å². The minimum atomic E-state index is 1.20. The van der Waals surface area contributed by atoms with Gasteiger partial charge in [-0.05, 0) is 37.9 Å². The molecule has 0 bridgehead atoms. The molecule has 0 aliphatic heterocycles. The van der Waals surface area contributed by atoms with E-state index in [9.17, 15) is 0 Å². The van der Waals surface area contributed by atoms with Crippen LogP contribution in [0.4, 0.5) is 0 Å². The molecule has 1 N–H and O–H groups in total. The van der Waals surface area contributed by atoms with Gasteiger partial charge in [0, 0.05) is 0 Å². The third-order valence-electron chi connectivity index (χ3n) is 2.41. The molecule has 14 heavy (non-hydrogen) atoms. The average Bonchev–Trinajstić information content (AvgIpc) is 2.21. The molecule has 2 heteroatoms. The van der Waals surface area contributed by atoms with Crippen molar-refractivity contribution in [3.05, 3.63) is 0 Å². The van der Waals surface area contributed by atoms with Gasteiger partial charge in [0.1, 0.15) is 0 Å². The van der Waals surface area contributed by atoms with E-state index in [-0.39, 0.29) is 0 Å². The van der Waals surface area contributed by atoms with Gasteiger partial charge in [0.2, 0.25) is 0 Å². The van der Waals surface area contributed by atoms with Crippen molar-refractivity contribution in [3.63, 3.8) is 0 Å². The number of rotatable bonds is 11. The maximum Gasteiger partial charge on any atom is -0.00411 e. The summed E-state index contributed by atoms with van der Waals surface area (Å²) in [5.74, 6) is 1.30. The summed E-state index contributed by atoms with van der Waals surface area (Å²) >= 11 is 1.94. The van der Waals surface area contributed by atoms with E-state index in [0.717, 1.165) is 0 Å². The molecule has 0 radical (unpaired) electrons. The Morgan fingerprint density at radius 1 is 0.857 bits per heavy atom.